The van der Waals surface area contributed by atoms with E-state index >= 15 is 0 Å². The first-order chi connectivity index (χ1) is 10.2. The van der Waals surface area contributed by atoms with Gasteiger partial charge in [-0.3, -0.25) is 0 Å². The lowest BCUT2D eigenvalue weighted by Gasteiger charge is -2.10. The average molecular weight is 285 g/mol. The molecule has 2 rings (SSSR count). The fourth-order valence-electron chi connectivity index (χ4n) is 2.41. The number of anilines is 2. The lowest BCUT2D eigenvalue weighted by molar-refractivity contribution is 0.637. The van der Waals surface area contributed by atoms with Gasteiger partial charge >= 0.3 is 0 Å². The van der Waals surface area contributed by atoms with E-state index in [0.29, 0.717) is 0 Å². The van der Waals surface area contributed by atoms with Gasteiger partial charge in [-0.25, -0.2) is 4.98 Å². The molecule has 0 bridgehead atoms. The van der Waals surface area contributed by atoms with Gasteiger partial charge in [0.15, 0.2) is 0 Å². The molecule has 0 amide bonds. The molecule has 114 valence electrons. The van der Waals surface area contributed by atoms with Crippen LogP contribution in [0.3, 0.4) is 0 Å². The van der Waals surface area contributed by atoms with Crippen molar-refractivity contribution in [1.82, 2.24) is 9.55 Å². The number of aromatic nitrogens is 2. The highest BCUT2D eigenvalue weighted by atomic mass is 15.2. The van der Waals surface area contributed by atoms with Crippen LogP contribution in [-0.2, 0) is 13.0 Å². The lowest BCUT2D eigenvalue weighted by Crippen LogP contribution is -2.03. The summed E-state index contributed by atoms with van der Waals surface area (Å²) in [5.74, 6) is 0.947. The molecule has 0 atom stereocenters. The second kappa shape index (κ2) is 7.87. The Morgan fingerprint density at radius 3 is 2.43 bits per heavy atom. The van der Waals surface area contributed by atoms with E-state index in [2.05, 4.69) is 59.2 Å². The molecule has 0 saturated heterocycles. The van der Waals surface area contributed by atoms with Gasteiger partial charge in [-0.1, -0.05) is 38.8 Å². The Hall–Kier alpha value is -1.77. The van der Waals surface area contributed by atoms with Gasteiger partial charge in [-0.05, 0) is 43.9 Å². The minimum absolute atomic E-state index is 0.947. The van der Waals surface area contributed by atoms with Crippen LogP contribution in [0.4, 0.5) is 11.6 Å². The summed E-state index contributed by atoms with van der Waals surface area (Å²) < 4.78 is 2.21. The van der Waals surface area contributed by atoms with Crippen molar-refractivity contribution in [3.63, 3.8) is 0 Å². The van der Waals surface area contributed by atoms with Gasteiger partial charge in [0.1, 0.15) is 0 Å². The largest absolute Gasteiger partial charge is 0.326 e. The van der Waals surface area contributed by atoms with Gasteiger partial charge in [0.25, 0.3) is 0 Å². The van der Waals surface area contributed by atoms with E-state index in [9.17, 15) is 0 Å². The number of rotatable bonds is 8. The van der Waals surface area contributed by atoms with Crippen molar-refractivity contribution in [2.45, 2.75) is 59.4 Å². The Morgan fingerprint density at radius 2 is 1.76 bits per heavy atom. The average Bonchev–Trinajstić information content (AvgIpc) is 2.84. The van der Waals surface area contributed by atoms with Crippen LogP contribution in [0.2, 0.25) is 0 Å². The van der Waals surface area contributed by atoms with Gasteiger partial charge < -0.3 is 9.88 Å². The van der Waals surface area contributed by atoms with Crippen LogP contribution in [0.25, 0.3) is 0 Å². The first kappa shape index (κ1) is 15.6. The number of aryl methyl sites for hydroxylation is 3. The van der Waals surface area contributed by atoms with Crippen LogP contribution in [0, 0.1) is 6.92 Å². The quantitative estimate of drug-likeness (QED) is 0.733. The molecule has 21 heavy (non-hydrogen) atoms. The predicted octanol–water partition coefficient (Wildman–Crippen LogP) is 5.08. The Morgan fingerprint density at radius 1 is 1.05 bits per heavy atom. The summed E-state index contributed by atoms with van der Waals surface area (Å²) in [7, 11) is 0. The molecule has 2 aromatic rings. The maximum atomic E-state index is 4.58. The van der Waals surface area contributed by atoms with Gasteiger partial charge in [-0.15, -0.1) is 0 Å². The number of nitrogens with zero attached hydrogens (tertiary/aromatic N) is 2. The smallest absolute Gasteiger partial charge is 0.207 e. The number of unbranched alkanes of at least 4 members (excludes halogenated alkanes) is 2. The number of hydrogen-bond acceptors (Lipinski definition) is 2. The maximum absolute atomic E-state index is 4.58. The van der Waals surface area contributed by atoms with Crippen LogP contribution in [0.1, 0.15) is 50.8 Å². The Balaban J connectivity index is 2.03. The summed E-state index contributed by atoms with van der Waals surface area (Å²) in [4.78, 5) is 4.58. The summed E-state index contributed by atoms with van der Waals surface area (Å²) in [5, 5.41) is 3.44. The van der Waals surface area contributed by atoms with Crippen molar-refractivity contribution in [2.75, 3.05) is 5.32 Å². The molecule has 0 saturated carbocycles. The molecule has 0 fully saturated rings. The van der Waals surface area contributed by atoms with Crippen LogP contribution in [0.15, 0.2) is 30.5 Å². The number of imidazole rings is 1. The summed E-state index contributed by atoms with van der Waals surface area (Å²) in [6.07, 6.45) is 8.17. The van der Waals surface area contributed by atoms with Gasteiger partial charge in [-0.2, -0.15) is 0 Å². The van der Waals surface area contributed by atoms with E-state index in [0.717, 1.165) is 23.9 Å². The molecule has 0 unspecified atom stereocenters. The SMILES string of the molecule is CCCCc1ccc(Nc2nc(C)cn2CCCC)cc1. The first-order valence-electron chi connectivity index (χ1n) is 8.12. The molecule has 0 radical (unpaired) electrons. The molecular formula is C18H27N3. The highest BCUT2D eigenvalue weighted by Crippen LogP contribution is 2.18. The van der Waals surface area contributed by atoms with E-state index in [1.165, 1.54) is 37.7 Å². The standard InChI is InChI=1S/C18H27N3/c1-4-6-8-16-9-11-17(12-10-16)20-18-19-15(3)14-21(18)13-7-5-2/h9-12,14H,4-8,13H2,1-3H3,(H,19,20). The summed E-state index contributed by atoms with van der Waals surface area (Å²) >= 11 is 0. The summed E-state index contributed by atoms with van der Waals surface area (Å²) in [5.41, 5.74) is 3.58. The van der Waals surface area contributed by atoms with Crippen LogP contribution < -0.4 is 5.32 Å². The van der Waals surface area contributed by atoms with E-state index in [1.807, 2.05) is 6.92 Å². The van der Waals surface area contributed by atoms with E-state index in [4.69, 9.17) is 0 Å². The third-order valence-corrected chi connectivity index (χ3v) is 3.68. The first-order valence-corrected chi connectivity index (χ1v) is 8.12. The van der Waals surface area contributed by atoms with E-state index in [1.54, 1.807) is 0 Å². The lowest BCUT2D eigenvalue weighted by atomic mass is 10.1. The molecule has 3 heteroatoms. The fourth-order valence-corrected chi connectivity index (χ4v) is 2.41. The van der Waals surface area contributed by atoms with E-state index < -0.39 is 0 Å². The molecule has 0 aliphatic rings. The minimum atomic E-state index is 0.947. The van der Waals surface area contributed by atoms with Crippen LogP contribution in [-0.4, -0.2) is 9.55 Å². The number of nitrogens with one attached hydrogen (secondary N) is 1. The van der Waals surface area contributed by atoms with Crippen molar-refractivity contribution in [1.29, 1.82) is 0 Å². The van der Waals surface area contributed by atoms with Crippen LogP contribution >= 0.6 is 0 Å². The maximum Gasteiger partial charge on any atom is 0.207 e. The Kier molecular flexibility index (Phi) is 5.85. The second-order valence-corrected chi connectivity index (χ2v) is 5.68. The fraction of sp³-hybridized carbons (Fsp3) is 0.500. The molecule has 1 N–H and O–H groups in total. The molecular weight excluding hydrogens is 258 g/mol. The van der Waals surface area contributed by atoms with Crippen molar-refractivity contribution in [3.8, 4) is 0 Å². The third kappa shape index (κ3) is 4.62. The van der Waals surface area contributed by atoms with Crippen molar-refractivity contribution >= 4 is 11.6 Å². The molecule has 0 spiro atoms. The second-order valence-electron chi connectivity index (χ2n) is 5.68. The van der Waals surface area contributed by atoms with Crippen molar-refractivity contribution in [3.05, 3.63) is 41.7 Å². The Bertz CT molecular complexity index is 540. The van der Waals surface area contributed by atoms with Crippen LogP contribution in [0.5, 0.6) is 0 Å². The van der Waals surface area contributed by atoms with Gasteiger partial charge in [0.05, 0.1) is 5.69 Å². The zero-order valence-corrected chi connectivity index (χ0v) is 13.5. The molecule has 1 aromatic heterocycles. The zero-order valence-electron chi connectivity index (χ0n) is 13.5. The molecule has 0 aliphatic carbocycles. The molecule has 1 heterocycles. The number of hydrogen-bond donors (Lipinski definition) is 1. The van der Waals surface area contributed by atoms with Crippen molar-refractivity contribution < 1.29 is 0 Å². The van der Waals surface area contributed by atoms with Crippen molar-refractivity contribution in [2.24, 2.45) is 0 Å². The minimum Gasteiger partial charge on any atom is -0.326 e. The van der Waals surface area contributed by atoms with Gasteiger partial charge in [0.2, 0.25) is 5.95 Å². The predicted molar refractivity (Wildman–Crippen MR) is 90.2 cm³/mol. The zero-order chi connectivity index (χ0) is 15.1. The van der Waals surface area contributed by atoms with Gasteiger partial charge in [0, 0.05) is 18.4 Å². The Labute approximate surface area is 128 Å². The third-order valence-electron chi connectivity index (χ3n) is 3.68. The normalized spacial score (nSPS) is 10.8. The van der Waals surface area contributed by atoms with E-state index in [-0.39, 0.29) is 0 Å². The summed E-state index contributed by atoms with van der Waals surface area (Å²) in [6.45, 7) is 7.51. The summed E-state index contributed by atoms with van der Waals surface area (Å²) in [6, 6.07) is 8.73. The number of benzene rings is 1. The monoisotopic (exact) mass is 285 g/mol. The molecule has 3 nitrogen and oxygen atoms in total. The topological polar surface area (TPSA) is 29.9 Å². The highest BCUT2D eigenvalue weighted by Gasteiger charge is 2.05. The molecule has 1 aromatic carbocycles. The molecule has 0 aliphatic heterocycles. The highest BCUT2D eigenvalue weighted by molar-refractivity contribution is 5.54.